The van der Waals surface area contributed by atoms with Gasteiger partial charge in [-0.3, -0.25) is 9.78 Å². The van der Waals surface area contributed by atoms with Crippen LogP contribution in [0, 0.1) is 3.57 Å². The lowest BCUT2D eigenvalue weighted by molar-refractivity contribution is 0.0991. The first kappa shape index (κ1) is 11.3. The number of carbonyl (C=O) groups excluding carboxylic acids is 1. The number of rotatable bonds is 3. The van der Waals surface area contributed by atoms with Crippen molar-refractivity contribution in [3.63, 3.8) is 0 Å². The van der Waals surface area contributed by atoms with Gasteiger partial charge in [-0.25, -0.2) is 0 Å². The normalized spacial score (nSPS) is 10.1. The van der Waals surface area contributed by atoms with Gasteiger partial charge in [0, 0.05) is 21.0 Å². The summed E-state index contributed by atoms with van der Waals surface area (Å²) in [6, 6.07) is 13.2. The molecule has 0 aliphatic carbocycles. The van der Waals surface area contributed by atoms with Gasteiger partial charge in [-0.1, -0.05) is 24.3 Å². The third-order valence-corrected chi connectivity index (χ3v) is 3.18. The predicted octanol–water partition coefficient (Wildman–Crippen LogP) is 3.11. The molecule has 0 bridgehead atoms. The molecule has 0 saturated heterocycles. The summed E-state index contributed by atoms with van der Waals surface area (Å²) in [4.78, 5) is 16.1. The van der Waals surface area contributed by atoms with E-state index in [0.717, 1.165) is 14.8 Å². The molecule has 0 atom stereocenters. The summed E-state index contributed by atoms with van der Waals surface area (Å²) in [6.45, 7) is 0. The minimum absolute atomic E-state index is 0.115. The Labute approximate surface area is 108 Å². The number of aromatic nitrogens is 1. The van der Waals surface area contributed by atoms with Crippen molar-refractivity contribution in [2.75, 3.05) is 0 Å². The summed E-state index contributed by atoms with van der Waals surface area (Å²) in [5.74, 6) is 0.115. The van der Waals surface area contributed by atoms with Crippen LogP contribution in [0.2, 0.25) is 0 Å². The van der Waals surface area contributed by atoms with Crippen LogP contribution in [0.5, 0.6) is 0 Å². The lowest BCUT2D eigenvalue weighted by atomic mass is 10.1. The molecule has 2 nitrogen and oxygen atoms in total. The van der Waals surface area contributed by atoms with Crippen molar-refractivity contribution in [2.24, 2.45) is 0 Å². The number of hydrogen-bond donors (Lipinski definition) is 0. The van der Waals surface area contributed by atoms with E-state index in [2.05, 4.69) is 27.6 Å². The molecule has 0 aliphatic heterocycles. The zero-order valence-electron chi connectivity index (χ0n) is 8.56. The highest BCUT2D eigenvalue weighted by atomic mass is 127. The molecule has 2 aromatic rings. The quantitative estimate of drug-likeness (QED) is 0.642. The van der Waals surface area contributed by atoms with Gasteiger partial charge in [0.1, 0.15) is 0 Å². The van der Waals surface area contributed by atoms with E-state index in [1.807, 2.05) is 42.5 Å². The van der Waals surface area contributed by atoms with Gasteiger partial charge in [-0.2, -0.15) is 0 Å². The maximum Gasteiger partial charge on any atom is 0.169 e. The van der Waals surface area contributed by atoms with Crippen LogP contribution in [-0.4, -0.2) is 10.8 Å². The largest absolute Gasteiger partial charge is 0.294 e. The van der Waals surface area contributed by atoms with Crippen molar-refractivity contribution in [3.05, 3.63) is 63.5 Å². The first-order valence-corrected chi connectivity index (χ1v) is 6.03. The van der Waals surface area contributed by atoms with E-state index >= 15 is 0 Å². The third kappa shape index (κ3) is 2.66. The first-order valence-electron chi connectivity index (χ1n) is 4.95. The SMILES string of the molecule is O=C(Cc1ccccn1)c1ccccc1I. The van der Waals surface area contributed by atoms with Crippen LogP contribution in [0.15, 0.2) is 48.7 Å². The van der Waals surface area contributed by atoms with Gasteiger partial charge in [0.15, 0.2) is 5.78 Å². The van der Waals surface area contributed by atoms with Crippen LogP contribution in [0.4, 0.5) is 0 Å². The minimum Gasteiger partial charge on any atom is -0.294 e. The summed E-state index contributed by atoms with van der Waals surface area (Å²) in [6.07, 6.45) is 2.07. The molecule has 80 valence electrons. The molecule has 0 N–H and O–H groups in total. The Hall–Kier alpha value is -1.23. The Bertz CT molecular complexity index is 496. The van der Waals surface area contributed by atoms with Crippen LogP contribution in [-0.2, 0) is 6.42 Å². The van der Waals surface area contributed by atoms with Gasteiger partial charge in [0.05, 0.1) is 6.42 Å². The summed E-state index contributed by atoms with van der Waals surface area (Å²) in [7, 11) is 0. The highest BCUT2D eigenvalue weighted by Crippen LogP contribution is 2.13. The fourth-order valence-electron chi connectivity index (χ4n) is 1.45. The second-order valence-electron chi connectivity index (χ2n) is 3.40. The number of benzene rings is 1. The Morgan fingerprint density at radius 1 is 1.12 bits per heavy atom. The Balaban J connectivity index is 2.19. The van der Waals surface area contributed by atoms with Crippen LogP contribution in [0.3, 0.4) is 0 Å². The van der Waals surface area contributed by atoms with Crippen molar-refractivity contribution in [1.82, 2.24) is 4.98 Å². The van der Waals surface area contributed by atoms with E-state index < -0.39 is 0 Å². The van der Waals surface area contributed by atoms with Crippen LogP contribution in [0.25, 0.3) is 0 Å². The van der Waals surface area contributed by atoms with Crippen LogP contribution < -0.4 is 0 Å². The Morgan fingerprint density at radius 2 is 1.88 bits per heavy atom. The van der Waals surface area contributed by atoms with Crippen molar-refractivity contribution >= 4 is 28.4 Å². The molecule has 3 heteroatoms. The second-order valence-corrected chi connectivity index (χ2v) is 4.56. The monoisotopic (exact) mass is 323 g/mol. The van der Waals surface area contributed by atoms with Gasteiger partial charge in [-0.05, 0) is 40.8 Å². The molecule has 1 heterocycles. The van der Waals surface area contributed by atoms with Crippen LogP contribution in [0.1, 0.15) is 16.1 Å². The number of carbonyl (C=O) groups is 1. The molecule has 1 aromatic heterocycles. The average Bonchev–Trinajstić information content (AvgIpc) is 2.31. The summed E-state index contributed by atoms with van der Waals surface area (Å²) in [5, 5.41) is 0. The van der Waals surface area contributed by atoms with Gasteiger partial charge in [0.2, 0.25) is 0 Å². The summed E-state index contributed by atoms with van der Waals surface area (Å²) in [5.41, 5.74) is 1.58. The fraction of sp³-hybridized carbons (Fsp3) is 0.0769. The molecule has 0 radical (unpaired) electrons. The highest BCUT2D eigenvalue weighted by Gasteiger charge is 2.10. The molecule has 0 unspecified atom stereocenters. The van der Waals surface area contributed by atoms with Crippen molar-refractivity contribution in [1.29, 1.82) is 0 Å². The first-order chi connectivity index (χ1) is 7.77. The molecule has 0 aliphatic rings. The molecular weight excluding hydrogens is 313 g/mol. The predicted molar refractivity (Wildman–Crippen MR) is 71.4 cm³/mol. The van der Waals surface area contributed by atoms with Crippen molar-refractivity contribution in [3.8, 4) is 0 Å². The summed E-state index contributed by atoms with van der Waals surface area (Å²) < 4.78 is 0.987. The number of hydrogen-bond acceptors (Lipinski definition) is 2. The van der Waals surface area contributed by atoms with Crippen molar-refractivity contribution < 1.29 is 4.79 Å². The molecular formula is C13H10INO. The Morgan fingerprint density at radius 3 is 2.56 bits per heavy atom. The number of ketones is 1. The lowest BCUT2D eigenvalue weighted by Gasteiger charge is -2.02. The zero-order valence-corrected chi connectivity index (χ0v) is 10.7. The Kier molecular flexibility index (Phi) is 3.66. The van der Waals surface area contributed by atoms with E-state index in [4.69, 9.17) is 0 Å². The molecule has 16 heavy (non-hydrogen) atoms. The van der Waals surface area contributed by atoms with Gasteiger partial charge in [0.25, 0.3) is 0 Å². The second kappa shape index (κ2) is 5.21. The molecule has 2 rings (SSSR count). The fourth-order valence-corrected chi connectivity index (χ4v) is 2.14. The molecule has 0 amide bonds. The van der Waals surface area contributed by atoms with Gasteiger partial charge < -0.3 is 0 Å². The summed E-state index contributed by atoms with van der Waals surface area (Å²) >= 11 is 2.18. The zero-order chi connectivity index (χ0) is 11.4. The maximum atomic E-state index is 12.0. The molecule has 0 saturated carbocycles. The smallest absolute Gasteiger partial charge is 0.169 e. The number of nitrogens with zero attached hydrogens (tertiary/aromatic N) is 1. The van der Waals surface area contributed by atoms with Gasteiger partial charge in [-0.15, -0.1) is 0 Å². The standard InChI is InChI=1S/C13H10INO/c14-12-7-2-1-6-11(12)13(16)9-10-5-3-4-8-15-10/h1-8H,9H2. The molecule has 0 spiro atoms. The van der Waals surface area contributed by atoms with E-state index in [1.165, 1.54) is 0 Å². The van der Waals surface area contributed by atoms with E-state index in [9.17, 15) is 4.79 Å². The lowest BCUT2D eigenvalue weighted by Crippen LogP contribution is -2.06. The molecule has 0 fully saturated rings. The third-order valence-electron chi connectivity index (χ3n) is 2.24. The van der Waals surface area contributed by atoms with Crippen LogP contribution >= 0.6 is 22.6 Å². The molecule has 1 aromatic carbocycles. The topological polar surface area (TPSA) is 30.0 Å². The van der Waals surface area contributed by atoms with Crippen molar-refractivity contribution in [2.45, 2.75) is 6.42 Å². The average molecular weight is 323 g/mol. The highest BCUT2D eigenvalue weighted by molar-refractivity contribution is 14.1. The van der Waals surface area contributed by atoms with E-state index in [-0.39, 0.29) is 5.78 Å². The van der Waals surface area contributed by atoms with E-state index in [0.29, 0.717) is 6.42 Å². The number of pyridine rings is 1. The number of halogens is 1. The maximum absolute atomic E-state index is 12.0. The number of Topliss-reactive ketones (excluding diaryl/α,β-unsaturated/α-hetero) is 1. The van der Waals surface area contributed by atoms with Gasteiger partial charge >= 0.3 is 0 Å². The van der Waals surface area contributed by atoms with E-state index in [1.54, 1.807) is 6.20 Å². The minimum atomic E-state index is 0.115.